The van der Waals surface area contributed by atoms with E-state index in [4.69, 9.17) is 10.8 Å². The van der Waals surface area contributed by atoms with Gasteiger partial charge in [0.25, 0.3) is 0 Å². The van der Waals surface area contributed by atoms with Gasteiger partial charge in [-0.25, -0.2) is 0 Å². The van der Waals surface area contributed by atoms with E-state index in [1.54, 1.807) is 0 Å². The second-order valence-electron chi connectivity index (χ2n) is 4.59. The van der Waals surface area contributed by atoms with E-state index in [0.717, 1.165) is 0 Å². The maximum Gasteiger partial charge on any atom is 0.305 e. The molecule has 0 aromatic carbocycles. The van der Waals surface area contributed by atoms with Gasteiger partial charge in [-0.3, -0.25) is 14.5 Å². The molecule has 0 saturated carbocycles. The van der Waals surface area contributed by atoms with Gasteiger partial charge in [-0.15, -0.1) is 0 Å². The van der Waals surface area contributed by atoms with Gasteiger partial charge < -0.3 is 16.2 Å². The quantitative estimate of drug-likeness (QED) is 0.543. The number of carboxylic acid groups (broad SMARTS) is 1. The second kappa shape index (κ2) is 4.80. The Morgan fingerprint density at radius 1 is 1.50 bits per heavy atom. The number of amides is 1. The van der Waals surface area contributed by atoms with Crippen LogP contribution in [0.3, 0.4) is 0 Å². The van der Waals surface area contributed by atoms with E-state index in [9.17, 15) is 9.59 Å². The summed E-state index contributed by atoms with van der Waals surface area (Å²) in [5, 5.41) is 12.0. The molecule has 6 nitrogen and oxygen atoms in total. The molecule has 0 radical (unpaired) electrons. The van der Waals surface area contributed by atoms with Crippen molar-refractivity contribution in [2.45, 2.75) is 31.8 Å². The first-order valence-corrected chi connectivity index (χ1v) is 5.35. The maximum atomic E-state index is 11.0. The fourth-order valence-electron chi connectivity index (χ4n) is 2.19. The molecule has 0 spiro atoms. The van der Waals surface area contributed by atoms with E-state index in [1.807, 2.05) is 18.7 Å². The minimum atomic E-state index is -0.850. The predicted molar refractivity (Wildman–Crippen MR) is 58.9 cm³/mol. The summed E-state index contributed by atoms with van der Waals surface area (Å²) in [5.74, 6) is -1.28. The van der Waals surface area contributed by atoms with Crippen LogP contribution < -0.4 is 11.1 Å². The zero-order chi connectivity index (χ0) is 12.3. The van der Waals surface area contributed by atoms with Crippen LogP contribution >= 0.6 is 0 Å². The van der Waals surface area contributed by atoms with Crippen LogP contribution in [0.25, 0.3) is 0 Å². The monoisotopic (exact) mass is 229 g/mol. The van der Waals surface area contributed by atoms with E-state index in [1.165, 1.54) is 0 Å². The highest BCUT2D eigenvalue weighted by atomic mass is 16.4. The summed E-state index contributed by atoms with van der Waals surface area (Å²) in [6, 6.07) is 0.0916. The summed E-state index contributed by atoms with van der Waals surface area (Å²) in [4.78, 5) is 23.7. The van der Waals surface area contributed by atoms with Gasteiger partial charge in [-0.05, 0) is 13.8 Å². The van der Waals surface area contributed by atoms with E-state index in [-0.39, 0.29) is 19.0 Å². The molecule has 1 amide bonds. The molecule has 4 N–H and O–H groups in total. The fraction of sp³-hybridized carbons (Fsp3) is 0.800. The van der Waals surface area contributed by atoms with Gasteiger partial charge in [0.2, 0.25) is 5.91 Å². The first kappa shape index (κ1) is 12.9. The lowest BCUT2D eigenvalue weighted by Crippen LogP contribution is -2.71. The third kappa shape index (κ3) is 2.70. The van der Waals surface area contributed by atoms with Crippen LogP contribution in [0.15, 0.2) is 0 Å². The summed E-state index contributed by atoms with van der Waals surface area (Å²) < 4.78 is 0. The van der Waals surface area contributed by atoms with Crippen LogP contribution in [-0.4, -0.2) is 53.1 Å². The summed E-state index contributed by atoms with van der Waals surface area (Å²) >= 11 is 0. The number of nitrogens with two attached hydrogens (primary N) is 1. The van der Waals surface area contributed by atoms with Crippen LogP contribution in [0.5, 0.6) is 0 Å². The molecule has 0 aliphatic carbocycles. The number of carbonyl (C=O) groups excluding carboxylic acids is 1. The highest BCUT2D eigenvalue weighted by Gasteiger charge is 2.45. The first-order valence-electron chi connectivity index (χ1n) is 5.35. The van der Waals surface area contributed by atoms with Crippen molar-refractivity contribution in [1.82, 2.24) is 10.2 Å². The van der Waals surface area contributed by atoms with Gasteiger partial charge in [0.1, 0.15) is 0 Å². The summed E-state index contributed by atoms with van der Waals surface area (Å²) in [5.41, 5.74) is 4.73. The zero-order valence-corrected chi connectivity index (χ0v) is 9.69. The summed E-state index contributed by atoms with van der Waals surface area (Å²) in [6.07, 6.45) is 0.0332. The van der Waals surface area contributed by atoms with Crippen molar-refractivity contribution in [3.63, 3.8) is 0 Å². The number of hydrogen-bond acceptors (Lipinski definition) is 4. The number of nitrogens with one attached hydrogen (secondary N) is 1. The lowest BCUT2D eigenvalue weighted by atomic mass is 9.85. The molecule has 0 aromatic heterocycles. The maximum absolute atomic E-state index is 11.0. The number of rotatable bonds is 6. The lowest BCUT2D eigenvalue weighted by Gasteiger charge is -2.51. The molecular formula is C10H19N3O3. The van der Waals surface area contributed by atoms with Crippen LogP contribution in [0.1, 0.15) is 20.3 Å². The molecule has 16 heavy (non-hydrogen) atoms. The molecule has 1 saturated heterocycles. The third-order valence-electron chi connectivity index (χ3n) is 2.95. The van der Waals surface area contributed by atoms with Crippen molar-refractivity contribution in [2.24, 2.45) is 5.73 Å². The molecule has 1 heterocycles. The molecule has 0 aromatic rings. The zero-order valence-electron chi connectivity index (χ0n) is 9.69. The first-order chi connectivity index (χ1) is 7.37. The van der Waals surface area contributed by atoms with Crippen molar-refractivity contribution in [3.05, 3.63) is 0 Å². The summed E-state index contributed by atoms with van der Waals surface area (Å²) in [6.45, 7) is 5.15. The second-order valence-corrected chi connectivity index (χ2v) is 4.59. The number of nitrogens with zero attached hydrogens (tertiary/aromatic N) is 1. The lowest BCUT2D eigenvalue weighted by molar-refractivity contribution is -0.143. The van der Waals surface area contributed by atoms with Crippen LogP contribution in [0.4, 0.5) is 0 Å². The average Bonchev–Trinajstić information content (AvgIpc) is 2.06. The molecule has 0 atom stereocenters. The Balaban J connectivity index is 2.80. The van der Waals surface area contributed by atoms with E-state index in [0.29, 0.717) is 13.1 Å². The Morgan fingerprint density at radius 3 is 2.31 bits per heavy atom. The summed E-state index contributed by atoms with van der Waals surface area (Å²) in [7, 11) is 0. The minimum absolute atomic E-state index is 0.0332. The molecular weight excluding hydrogens is 210 g/mol. The third-order valence-corrected chi connectivity index (χ3v) is 2.95. The van der Waals surface area contributed by atoms with Gasteiger partial charge in [0.15, 0.2) is 0 Å². The standard InChI is InChI=1S/C10H19N3O3/c1-7(2)13(4-8(11)14)10(3-9(15)16)5-12-6-10/h7,12H,3-6H2,1-2H3,(H2,11,14)(H,15,16). The van der Waals surface area contributed by atoms with Crippen LogP contribution in [0, 0.1) is 0 Å². The number of hydrogen-bond donors (Lipinski definition) is 3. The van der Waals surface area contributed by atoms with E-state index >= 15 is 0 Å². The fourth-order valence-corrected chi connectivity index (χ4v) is 2.19. The Morgan fingerprint density at radius 2 is 2.06 bits per heavy atom. The Bertz CT molecular complexity index is 287. The van der Waals surface area contributed by atoms with Crippen molar-refractivity contribution < 1.29 is 14.7 Å². The van der Waals surface area contributed by atoms with E-state index in [2.05, 4.69) is 5.32 Å². The molecule has 0 unspecified atom stereocenters. The molecule has 1 aliphatic heterocycles. The van der Waals surface area contributed by atoms with Gasteiger partial charge >= 0.3 is 5.97 Å². The minimum Gasteiger partial charge on any atom is -0.481 e. The van der Waals surface area contributed by atoms with Gasteiger partial charge in [-0.1, -0.05) is 0 Å². The highest BCUT2D eigenvalue weighted by molar-refractivity contribution is 5.76. The molecule has 1 fully saturated rings. The van der Waals surface area contributed by atoms with Gasteiger partial charge in [0.05, 0.1) is 18.5 Å². The Labute approximate surface area is 94.8 Å². The van der Waals surface area contributed by atoms with Gasteiger partial charge in [0, 0.05) is 19.1 Å². The van der Waals surface area contributed by atoms with Crippen LogP contribution in [0.2, 0.25) is 0 Å². The van der Waals surface area contributed by atoms with Crippen LogP contribution in [-0.2, 0) is 9.59 Å². The Kier molecular flexibility index (Phi) is 3.88. The van der Waals surface area contributed by atoms with E-state index < -0.39 is 17.4 Å². The number of carbonyl (C=O) groups is 2. The average molecular weight is 229 g/mol. The highest BCUT2D eigenvalue weighted by Crippen LogP contribution is 2.26. The number of carboxylic acids is 1. The predicted octanol–water partition coefficient (Wildman–Crippen LogP) is -1.00. The smallest absolute Gasteiger partial charge is 0.305 e. The normalized spacial score (nSPS) is 18.5. The molecule has 1 rings (SSSR count). The Hall–Kier alpha value is -1.14. The topological polar surface area (TPSA) is 95.7 Å². The van der Waals surface area contributed by atoms with Crippen molar-refractivity contribution in [1.29, 1.82) is 0 Å². The van der Waals surface area contributed by atoms with Crippen molar-refractivity contribution in [2.75, 3.05) is 19.6 Å². The van der Waals surface area contributed by atoms with Crippen molar-refractivity contribution >= 4 is 11.9 Å². The van der Waals surface area contributed by atoms with Gasteiger partial charge in [-0.2, -0.15) is 0 Å². The number of aliphatic carboxylic acids is 1. The molecule has 6 heteroatoms. The van der Waals surface area contributed by atoms with Crippen molar-refractivity contribution in [3.8, 4) is 0 Å². The molecule has 92 valence electrons. The molecule has 1 aliphatic rings. The largest absolute Gasteiger partial charge is 0.481 e. The number of primary amides is 1. The molecule has 0 bridgehead atoms. The SMILES string of the molecule is CC(C)N(CC(N)=O)C1(CC(=O)O)CNC1.